The minimum absolute atomic E-state index is 1.34. The number of rotatable bonds is 9. The molecule has 0 aromatic carbocycles. The summed E-state index contributed by atoms with van der Waals surface area (Å²) >= 11 is 1.34. The molecule has 0 amide bonds. The second kappa shape index (κ2) is 7.90. The van der Waals surface area contributed by atoms with E-state index in [9.17, 15) is 96.6 Å². The molecule has 0 aromatic rings. The maximum Gasteiger partial charge on any atom is 0.460 e. The van der Waals surface area contributed by atoms with Crippen molar-refractivity contribution in [2.24, 2.45) is 0 Å². The van der Waals surface area contributed by atoms with Crippen LogP contribution in [0.5, 0.6) is 0 Å². The fourth-order valence-electron chi connectivity index (χ4n) is 1.73. The lowest BCUT2D eigenvalue weighted by molar-refractivity contribution is -0.451. The molecule has 0 bridgehead atoms. The molecule has 0 heterocycles. The molecule has 0 saturated heterocycles. The SMILES string of the molecule is FC(C(F)(F)C(F)(F)C(F)(F)C(F)(F)S)C(F)(F)C(F)(F)C(F)(F)C(F)(F)C(F)(F)C(F)(F)F. The van der Waals surface area contributed by atoms with Crippen molar-refractivity contribution in [1.82, 2.24) is 0 Å². The zero-order valence-corrected chi connectivity index (χ0v) is 15.2. The Morgan fingerprint density at radius 1 is 0.353 bits per heavy atom. The molecule has 0 rings (SSSR count). The lowest BCUT2D eigenvalue weighted by Gasteiger charge is -2.43. The van der Waals surface area contributed by atoms with E-state index in [2.05, 4.69) is 0 Å². The zero-order valence-electron chi connectivity index (χ0n) is 14.3. The summed E-state index contributed by atoms with van der Waals surface area (Å²) < 4.78 is 282. The van der Waals surface area contributed by atoms with E-state index in [0.717, 1.165) is 0 Å². The van der Waals surface area contributed by atoms with Crippen LogP contribution in [0.3, 0.4) is 0 Å². The molecule has 206 valence electrons. The van der Waals surface area contributed by atoms with Crippen LogP contribution in [0, 0.1) is 0 Å². The van der Waals surface area contributed by atoms with Gasteiger partial charge < -0.3 is 0 Å². The Balaban J connectivity index is 6.88. The summed E-state index contributed by atoms with van der Waals surface area (Å²) in [6, 6.07) is 0. The Morgan fingerprint density at radius 3 is 0.824 bits per heavy atom. The molecule has 23 heteroatoms. The van der Waals surface area contributed by atoms with Crippen molar-refractivity contribution in [2.75, 3.05) is 0 Å². The van der Waals surface area contributed by atoms with Gasteiger partial charge in [-0.25, -0.2) is 4.39 Å². The molecule has 0 fully saturated rings. The van der Waals surface area contributed by atoms with Crippen LogP contribution in [0.15, 0.2) is 0 Å². The van der Waals surface area contributed by atoms with Gasteiger partial charge in [0.25, 0.3) is 0 Å². The first kappa shape index (κ1) is 32.8. The summed E-state index contributed by atoms with van der Waals surface area (Å²) in [7, 11) is 0. The Kier molecular flexibility index (Phi) is 7.63. The number of halogens is 22. The summed E-state index contributed by atoms with van der Waals surface area (Å²) in [5.74, 6) is -68.2. The zero-order chi connectivity index (χ0) is 28.6. The third-order valence-corrected chi connectivity index (χ3v) is 4.07. The Hall–Kier alpha value is -1.19. The topological polar surface area (TPSA) is 0 Å². The fraction of sp³-hybridized carbons (Fsp3) is 1.00. The number of thiol groups is 1. The standard InChI is InChI=1S/C11H2F22S/c12-1(3(15,16)5(19,20)9(27,28)11(32,33)34)2(13,14)4(17,18)6(21,22)7(23,24)8(25,26)10(29,30)31/h1,34H. The highest BCUT2D eigenvalue weighted by molar-refractivity contribution is 7.81. The van der Waals surface area contributed by atoms with Gasteiger partial charge in [0, 0.05) is 0 Å². The van der Waals surface area contributed by atoms with Crippen LogP contribution in [-0.2, 0) is 0 Å². The van der Waals surface area contributed by atoms with Crippen molar-refractivity contribution in [3.8, 4) is 0 Å². The van der Waals surface area contributed by atoms with Crippen LogP contribution < -0.4 is 0 Å². The monoisotopic (exact) mass is 584 g/mol. The molecule has 34 heavy (non-hydrogen) atoms. The van der Waals surface area contributed by atoms with Crippen molar-refractivity contribution < 1.29 is 96.6 Å². The highest BCUT2D eigenvalue weighted by Crippen LogP contribution is 2.63. The van der Waals surface area contributed by atoms with E-state index >= 15 is 0 Å². The van der Waals surface area contributed by atoms with Crippen LogP contribution >= 0.6 is 12.6 Å². The first-order chi connectivity index (χ1) is 14.2. The minimum atomic E-state index is -8.95. The van der Waals surface area contributed by atoms with E-state index in [1.54, 1.807) is 0 Å². The second-order valence-corrected chi connectivity index (χ2v) is 6.66. The molecule has 0 aromatic heterocycles. The van der Waals surface area contributed by atoms with Gasteiger partial charge >= 0.3 is 58.8 Å². The Morgan fingerprint density at radius 2 is 0.588 bits per heavy atom. The lowest BCUT2D eigenvalue weighted by atomic mass is 9.87. The Bertz CT molecular complexity index is 739. The van der Waals surface area contributed by atoms with Gasteiger partial charge in [-0.2, -0.15) is 92.2 Å². The van der Waals surface area contributed by atoms with Crippen molar-refractivity contribution in [3.05, 3.63) is 0 Å². The predicted octanol–water partition coefficient (Wildman–Crippen LogP) is 7.49. The first-order valence-corrected chi connectivity index (χ1v) is 7.44. The molecule has 1 atom stereocenters. The summed E-state index contributed by atoms with van der Waals surface area (Å²) in [5.41, 5.74) is 0. The van der Waals surface area contributed by atoms with Crippen molar-refractivity contribution >= 4 is 12.6 Å². The van der Waals surface area contributed by atoms with Gasteiger partial charge in [-0.1, -0.05) is 12.6 Å². The molecule has 0 saturated carbocycles. The molecule has 0 aliphatic carbocycles. The molecule has 1 unspecified atom stereocenters. The maximum atomic E-state index is 13.3. The average Bonchev–Trinajstić information content (AvgIpc) is 2.57. The molecule has 0 aliphatic rings. The maximum absolute atomic E-state index is 13.3. The number of hydrogen-bond donors (Lipinski definition) is 1. The molecular weight excluding hydrogens is 582 g/mol. The van der Waals surface area contributed by atoms with Crippen LogP contribution in [0.1, 0.15) is 0 Å². The lowest BCUT2D eigenvalue weighted by Crippen LogP contribution is -2.74. The largest absolute Gasteiger partial charge is 0.460 e. The number of alkyl halides is 22. The van der Waals surface area contributed by atoms with E-state index < -0.39 is 65.0 Å². The van der Waals surface area contributed by atoms with Gasteiger partial charge in [0.05, 0.1) is 0 Å². The molecule has 0 radical (unpaired) electrons. The van der Waals surface area contributed by atoms with Crippen LogP contribution in [0.4, 0.5) is 96.6 Å². The first-order valence-electron chi connectivity index (χ1n) is 6.99. The van der Waals surface area contributed by atoms with Gasteiger partial charge in [0.15, 0.2) is 0 Å². The number of hydrogen-bond acceptors (Lipinski definition) is 1. The van der Waals surface area contributed by atoms with Crippen molar-refractivity contribution in [3.63, 3.8) is 0 Å². The van der Waals surface area contributed by atoms with E-state index in [1.807, 2.05) is 0 Å². The van der Waals surface area contributed by atoms with E-state index in [0.29, 0.717) is 0 Å². The predicted molar refractivity (Wildman–Crippen MR) is 64.5 cm³/mol. The quantitative estimate of drug-likeness (QED) is 0.211. The van der Waals surface area contributed by atoms with E-state index in [4.69, 9.17) is 0 Å². The summed E-state index contributed by atoms with van der Waals surface area (Å²) in [4.78, 5) is 0. The van der Waals surface area contributed by atoms with Crippen LogP contribution in [0.2, 0.25) is 0 Å². The van der Waals surface area contributed by atoms with Crippen LogP contribution in [-0.4, -0.2) is 65.0 Å². The average molecular weight is 584 g/mol. The van der Waals surface area contributed by atoms with Gasteiger partial charge in [-0.15, -0.1) is 0 Å². The highest BCUT2D eigenvalue weighted by Gasteiger charge is 2.94. The molecular formula is C11H2F22S. The van der Waals surface area contributed by atoms with Gasteiger partial charge in [0.2, 0.25) is 6.17 Å². The van der Waals surface area contributed by atoms with E-state index in [-0.39, 0.29) is 0 Å². The summed E-state index contributed by atoms with van der Waals surface area (Å²) in [6.07, 6.45) is -15.3. The molecule has 0 aliphatic heterocycles. The fourth-order valence-corrected chi connectivity index (χ4v) is 1.87. The van der Waals surface area contributed by atoms with Gasteiger partial charge in [0.1, 0.15) is 0 Å². The van der Waals surface area contributed by atoms with Crippen molar-refractivity contribution in [2.45, 2.75) is 65.0 Å². The minimum Gasteiger partial charge on any atom is -0.234 e. The summed E-state index contributed by atoms with van der Waals surface area (Å²) in [5, 5.41) is -6.73. The molecule has 0 N–H and O–H groups in total. The molecule has 0 spiro atoms. The third-order valence-electron chi connectivity index (χ3n) is 3.79. The van der Waals surface area contributed by atoms with Gasteiger partial charge in [-0.05, 0) is 0 Å². The highest BCUT2D eigenvalue weighted by atomic mass is 32.1. The second-order valence-electron chi connectivity index (χ2n) is 6.09. The molecule has 0 nitrogen and oxygen atoms in total. The van der Waals surface area contributed by atoms with Crippen LogP contribution in [0.25, 0.3) is 0 Å². The van der Waals surface area contributed by atoms with E-state index in [1.165, 1.54) is 12.6 Å². The Labute approximate surface area is 175 Å². The summed E-state index contributed by atoms with van der Waals surface area (Å²) in [6.45, 7) is 0. The smallest absolute Gasteiger partial charge is 0.234 e. The normalized spacial score (nSPS) is 17.7. The van der Waals surface area contributed by atoms with Crippen molar-refractivity contribution in [1.29, 1.82) is 0 Å². The third kappa shape index (κ3) is 3.99. The van der Waals surface area contributed by atoms with Gasteiger partial charge in [-0.3, -0.25) is 0 Å².